The van der Waals surface area contributed by atoms with Gasteiger partial charge in [0.2, 0.25) is 5.88 Å². The summed E-state index contributed by atoms with van der Waals surface area (Å²) < 4.78 is 20.4. The number of fused-ring (bicyclic) bond motifs is 2. The van der Waals surface area contributed by atoms with Crippen LogP contribution in [0.2, 0.25) is 0 Å². The smallest absolute Gasteiger partial charge is 0.320 e. The fraction of sp³-hybridized carbons (Fsp3) is 0.286. The molecule has 148 valence electrons. The highest BCUT2D eigenvalue weighted by molar-refractivity contribution is 5.94. The predicted octanol–water partition coefficient (Wildman–Crippen LogP) is 3.83. The molecule has 0 radical (unpaired) electrons. The number of benzene rings is 1. The van der Waals surface area contributed by atoms with Crippen molar-refractivity contribution in [2.24, 2.45) is 0 Å². The lowest BCUT2D eigenvalue weighted by Gasteiger charge is -2.21. The van der Waals surface area contributed by atoms with Gasteiger partial charge in [-0.3, -0.25) is 5.32 Å². The summed E-state index contributed by atoms with van der Waals surface area (Å²) in [6.07, 6.45) is 5.21. The number of nitrogens with one attached hydrogen (secondary N) is 3. The number of hydrogen-bond acceptors (Lipinski definition) is 5. The first-order valence-electron chi connectivity index (χ1n) is 9.62. The van der Waals surface area contributed by atoms with E-state index in [0.717, 1.165) is 29.5 Å². The van der Waals surface area contributed by atoms with Gasteiger partial charge in [-0.05, 0) is 48.9 Å². The maximum Gasteiger partial charge on any atom is 0.320 e. The second-order valence-corrected chi connectivity index (χ2v) is 7.37. The second-order valence-electron chi connectivity index (χ2n) is 7.37. The molecule has 1 saturated carbocycles. The van der Waals surface area contributed by atoms with E-state index >= 15 is 0 Å². The molecule has 8 heteroatoms. The molecule has 0 unspecified atom stereocenters. The third-order valence-electron chi connectivity index (χ3n) is 5.20. The quantitative estimate of drug-likeness (QED) is 0.629. The SMILES string of the molecule is Cc1c(-c2cc3cc(NC(=O)NC4CC4)ncc3cc2F)cnc2c1NCCO2. The zero-order valence-electron chi connectivity index (χ0n) is 15.9. The van der Waals surface area contributed by atoms with Crippen molar-refractivity contribution in [1.29, 1.82) is 0 Å². The van der Waals surface area contributed by atoms with Gasteiger partial charge in [0.1, 0.15) is 23.9 Å². The van der Waals surface area contributed by atoms with Crippen molar-refractivity contribution in [2.45, 2.75) is 25.8 Å². The highest BCUT2D eigenvalue weighted by Gasteiger charge is 2.23. The Morgan fingerprint density at radius 3 is 2.86 bits per heavy atom. The topological polar surface area (TPSA) is 88.2 Å². The number of aromatic nitrogens is 2. The number of amides is 2. The Bertz CT molecular complexity index is 1130. The Hall–Kier alpha value is -3.42. The number of rotatable bonds is 3. The number of anilines is 2. The molecule has 0 saturated heterocycles. The lowest BCUT2D eigenvalue weighted by atomic mass is 9.98. The first-order valence-corrected chi connectivity index (χ1v) is 9.62. The highest BCUT2D eigenvalue weighted by Crippen LogP contribution is 2.37. The van der Waals surface area contributed by atoms with E-state index in [1.807, 2.05) is 6.92 Å². The number of carbonyl (C=O) groups is 1. The Morgan fingerprint density at radius 2 is 2.03 bits per heavy atom. The summed E-state index contributed by atoms with van der Waals surface area (Å²) in [6.45, 7) is 3.16. The van der Waals surface area contributed by atoms with Crippen molar-refractivity contribution in [3.05, 3.63) is 42.0 Å². The minimum absolute atomic E-state index is 0.258. The molecule has 3 aromatic rings. The molecule has 0 atom stereocenters. The van der Waals surface area contributed by atoms with Gasteiger partial charge in [0.05, 0.1) is 0 Å². The summed E-state index contributed by atoms with van der Waals surface area (Å²) in [4.78, 5) is 20.5. The third-order valence-corrected chi connectivity index (χ3v) is 5.20. The fourth-order valence-electron chi connectivity index (χ4n) is 3.50. The van der Waals surface area contributed by atoms with Gasteiger partial charge >= 0.3 is 6.03 Å². The van der Waals surface area contributed by atoms with E-state index in [0.29, 0.717) is 41.4 Å². The van der Waals surface area contributed by atoms with Gasteiger partial charge in [0.15, 0.2) is 0 Å². The normalized spacial score (nSPS) is 15.2. The number of urea groups is 1. The minimum Gasteiger partial charge on any atom is -0.474 e. The minimum atomic E-state index is -0.354. The standard InChI is InChI=1S/C21H20FN5O2/c1-11-16(10-25-20-19(11)23-4-5-29-20)15-6-12-8-18(24-9-13(12)7-17(15)22)27-21(28)26-14-2-3-14/h6-10,14,23H,2-5H2,1H3,(H2,24,26,27,28). The number of ether oxygens (including phenoxy) is 1. The number of hydrogen-bond donors (Lipinski definition) is 3. The summed E-state index contributed by atoms with van der Waals surface area (Å²) in [5.41, 5.74) is 2.81. The molecule has 2 aromatic heterocycles. The molecule has 1 fully saturated rings. The Morgan fingerprint density at radius 1 is 1.17 bits per heavy atom. The van der Waals surface area contributed by atoms with E-state index < -0.39 is 0 Å². The molecule has 1 aliphatic carbocycles. The highest BCUT2D eigenvalue weighted by atomic mass is 19.1. The van der Waals surface area contributed by atoms with Gasteiger partial charge in [0, 0.05) is 41.5 Å². The van der Waals surface area contributed by atoms with Gasteiger partial charge in [-0.15, -0.1) is 0 Å². The van der Waals surface area contributed by atoms with Crippen molar-refractivity contribution >= 4 is 28.3 Å². The van der Waals surface area contributed by atoms with E-state index in [-0.39, 0.29) is 17.9 Å². The van der Waals surface area contributed by atoms with E-state index in [9.17, 15) is 9.18 Å². The van der Waals surface area contributed by atoms with Crippen molar-refractivity contribution in [1.82, 2.24) is 15.3 Å². The molecular weight excluding hydrogens is 373 g/mol. The van der Waals surface area contributed by atoms with Crippen molar-refractivity contribution in [3.8, 4) is 17.0 Å². The molecule has 29 heavy (non-hydrogen) atoms. The first kappa shape index (κ1) is 17.7. The van der Waals surface area contributed by atoms with E-state index in [2.05, 4.69) is 25.9 Å². The van der Waals surface area contributed by atoms with E-state index in [1.165, 1.54) is 6.07 Å². The molecule has 0 spiro atoms. The zero-order chi connectivity index (χ0) is 20.0. The molecule has 1 aliphatic heterocycles. The van der Waals surface area contributed by atoms with Crippen LogP contribution in [0.4, 0.5) is 20.7 Å². The molecular formula is C21H20FN5O2. The molecule has 3 heterocycles. The van der Waals surface area contributed by atoms with Crippen LogP contribution in [0, 0.1) is 12.7 Å². The lowest BCUT2D eigenvalue weighted by Crippen LogP contribution is -2.30. The number of pyridine rings is 2. The molecule has 2 amide bonds. The zero-order valence-corrected chi connectivity index (χ0v) is 15.9. The lowest BCUT2D eigenvalue weighted by molar-refractivity contribution is 0.251. The molecule has 5 rings (SSSR count). The maximum atomic E-state index is 14.9. The van der Waals surface area contributed by atoms with Crippen LogP contribution in [-0.4, -0.2) is 35.2 Å². The molecule has 2 aliphatic rings. The number of nitrogens with zero attached hydrogens (tertiary/aromatic N) is 2. The van der Waals surface area contributed by atoms with Gasteiger partial charge in [-0.1, -0.05) is 0 Å². The summed E-state index contributed by atoms with van der Waals surface area (Å²) in [5.74, 6) is 0.604. The fourth-order valence-corrected chi connectivity index (χ4v) is 3.50. The average molecular weight is 393 g/mol. The Balaban J connectivity index is 1.52. The monoisotopic (exact) mass is 393 g/mol. The Labute approximate surface area is 166 Å². The van der Waals surface area contributed by atoms with Crippen LogP contribution in [0.15, 0.2) is 30.6 Å². The molecule has 1 aromatic carbocycles. The largest absolute Gasteiger partial charge is 0.474 e. The number of halogens is 1. The van der Waals surface area contributed by atoms with Crippen molar-refractivity contribution in [2.75, 3.05) is 23.8 Å². The molecule has 7 nitrogen and oxygen atoms in total. The van der Waals surface area contributed by atoms with Gasteiger partial charge < -0.3 is 15.4 Å². The van der Waals surface area contributed by atoms with Crippen molar-refractivity contribution < 1.29 is 13.9 Å². The van der Waals surface area contributed by atoms with E-state index in [4.69, 9.17) is 4.74 Å². The summed E-state index contributed by atoms with van der Waals surface area (Å²) in [5, 5.41) is 10.3. The van der Waals surface area contributed by atoms with Crippen LogP contribution in [-0.2, 0) is 0 Å². The first-order chi connectivity index (χ1) is 14.1. The number of carbonyl (C=O) groups excluding carboxylic acids is 1. The second kappa shape index (κ2) is 6.88. The van der Waals surface area contributed by atoms with Crippen LogP contribution in [0.5, 0.6) is 5.88 Å². The van der Waals surface area contributed by atoms with Gasteiger partial charge in [-0.25, -0.2) is 19.2 Å². The van der Waals surface area contributed by atoms with Crippen LogP contribution >= 0.6 is 0 Å². The summed E-state index contributed by atoms with van der Waals surface area (Å²) >= 11 is 0. The Kier molecular flexibility index (Phi) is 4.19. The average Bonchev–Trinajstić information content (AvgIpc) is 3.52. The maximum absolute atomic E-state index is 14.9. The van der Waals surface area contributed by atoms with Crippen LogP contribution in [0.3, 0.4) is 0 Å². The van der Waals surface area contributed by atoms with Crippen molar-refractivity contribution in [3.63, 3.8) is 0 Å². The summed E-state index contributed by atoms with van der Waals surface area (Å²) in [7, 11) is 0. The summed E-state index contributed by atoms with van der Waals surface area (Å²) in [6, 6.07) is 4.94. The van der Waals surface area contributed by atoms with Gasteiger partial charge in [-0.2, -0.15) is 0 Å². The van der Waals surface area contributed by atoms with Crippen LogP contribution in [0.25, 0.3) is 21.9 Å². The predicted molar refractivity (Wildman–Crippen MR) is 109 cm³/mol. The van der Waals surface area contributed by atoms with E-state index in [1.54, 1.807) is 24.5 Å². The molecule has 3 N–H and O–H groups in total. The van der Waals surface area contributed by atoms with Crippen LogP contribution in [0.1, 0.15) is 18.4 Å². The van der Waals surface area contributed by atoms with Crippen LogP contribution < -0.4 is 20.7 Å². The van der Waals surface area contributed by atoms with Gasteiger partial charge in [0.25, 0.3) is 0 Å². The molecule has 0 bridgehead atoms. The third kappa shape index (κ3) is 3.41.